The largest absolute Gasteiger partial charge is 0.302 e. The van der Waals surface area contributed by atoms with E-state index in [1.165, 1.54) is 4.88 Å². The quantitative estimate of drug-likeness (QED) is 0.883. The summed E-state index contributed by atoms with van der Waals surface area (Å²) in [7, 11) is 0. The zero-order valence-corrected chi connectivity index (χ0v) is 12.8. The summed E-state index contributed by atoms with van der Waals surface area (Å²) in [6.07, 6.45) is 2.69. The Hall–Kier alpha value is -1.27. The monoisotopic (exact) mass is 279 g/mol. The van der Waals surface area contributed by atoms with Gasteiger partial charge in [0.1, 0.15) is 12.2 Å². The van der Waals surface area contributed by atoms with Crippen LogP contribution in [0.1, 0.15) is 47.7 Å². The van der Waals surface area contributed by atoms with Crippen LogP contribution in [0.5, 0.6) is 0 Å². The standard InChI is InChI=1S/C13H21N5S/c1-5-6-18-12(15-8-16-18)7-14-9(2)13-10(3)17-11(4)19-13/h8-9,14H,5-7H2,1-4H3. The summed E-state index contributed by atoms with van der Waals surface area (Å²) in [6, 6.07) is 0.290. The lowest BCUT2D eigenvalue weighted by Crippen LogP contribution is -2.21. The molecule has 0 aliphatic rings. The van der Waals surface area contributed by atoms with Gasteiger partial charge in [-0.1, -0.05) is 6.92 Å². The lowest BCUT2D eigenvalue weighted by atomic mass is 10.2. The highest BCUT2D eigenvalue weighted by atomic mass is 32.1. The van der Waals surface area contributed by atoms with Crippen molar-refractivity contribution in [3.05, 3.63) is 27.7 Å². The van der Waals surface area contributed by atoms with Crippen LogP contribution >= 0.6 is 11.3 Å². The highest BCUT2D eigenvalue weighted by molar-refractivity contribution is 7.11. The van der Waals surface area contributed by atoms with Crippen LogP contribution < -0.4 is 5.32 Å². The highest BCUT2D eigenvalue weighted by Gasteiger charge is 2.13. The molecule has 1 atom stereocenters. The van der Waals surface area contributed by atoms with E-state index in [-0.39, 0.29) is 6.04 Å². The van der Waals surface area contributed by atoms with Gasteiger partial charge in [0, 0.05) is 17.5 Å². The van der Waals surface area contributed by atoms with E-state index >= 15 is 0 Å². The average molecular weight is 279 g/mol. The molecule has 104 valence electrons. The van der Waals surface area contributed by atoms with E-state index in [4.69, 9.17) is 0 Å². The SMILES string of the molecule is CCCn1ncnc1CNC(C)c1sc(C)nc1C. The van der Waals surface area contributed by atoms with E-state index in [1.54, 1.807) is 17.7 Å². The third kappa shape index (κ3) is 3.39. The van der Waals surface area contributed by atoms with Gasteiger partial charge in [0.15, 0.2) is 0 Å². The van der Waals surface area contributed by atoms with Crippen LogP contribution in [0.2, 0.25) is 0 Å². The smallest absolute Gasteiger partial charge is 0.140 e. The molecule has 19 heavy (non-hydrogen) atoms. The molecule has 0 radical (unpaired) electrons. The number of aryl methyl sites for hydroxylation is 3. The number of hydrogen-bond acceptors (Lipinski definition) is 5. The van der Waals surface area contributed by atoms with E-state index in [0.29, 0.717) is 0 Å². The van der Waals surface area contributed by atoms with Gasteiger partial charge in [-0.05, 0) is 27.2 Å². The first-order valence-electron chi connectivity index (χ1n) is 6.65. The molecular formula is C13H21N5S. The molecule has 0 saturated carbocycles. The molecule has 0 saturated heterocycles. The predicted octanol–water partition coefficient (Wildman–Crippen LogP) is 2.61. The van der Waals surface area contributed by atoms with Gasteiger partial charge in [-0.15, -0.1) is 11.3 Å². The summed E-state index contributed by atoms with van der Waals surface area (Å²) in [5, 5.41) is 8.86. The maximum absolute atomic E-state index is 4.47. The molecule has 0 bridgehead atoms. The molecule has 0 aliphatic carbocycles. The maximum Gasteiger partial charge on any atom is 0.140 e. The average Bonchev–Trinajstić information content (AvgIpc) is 2.93. The molecular weight excluding hydrogens is 258 g/mol. The van der Waals surface area contributed by atoms with E-state index in [1.807, 2.05) is 11.6 Å². The second kappa shape index (κ2) is 6.25. The van der Waals surface area contributed by atoms with Crippen LogP contribution in [-0.2, 0) is 13.1 Å². The molecule has 2 heterocycles. The molecule has 5 nitrogen and oxygen atoms in total. The van der Waals surface area contributed by atoms with E-state index < -0.39 is 0 Å². The molecule has 0 spiro atoms. The Morgan fingerprint density at radius 1 is 1.42 bits per heavy atom. The molecule has 2 rings (SSSR count). The number of rotatable bonds is 6. The Morgan fingerprint density at radius 3 is 2.84 bits per heavy atom. The van der Waals surface area contributed by atoms with Crippen molar-refractivity contribution in [1.82, 2.24) is 25.1 Å². The third-order valence-corrected chi connectivity index (χ3v) is 4.29. The molecule has 0 aliphatic heterocycles. The molecule has 1 unspecified atom stereocenters. The summed E-state index contributed by atoms with van der Waals surface area (Å²) >= 11 is 1.76. The first-order chi connectivity index (χ1) is 9.11. The van der Waals surface area contributed by atoms with Crippen molar-refractivity contribution in [2.45, 2.75) is 53.2 Å². The summed E-state index contributed by atoms with van der Waals surface area (Å²) in [5.41, 5.74) is 1.12. The fraction of sp³-hybridized carbons (Fsp3) is 0.615. The second-order valence-electron chi connectivity index (χ2n) is 4.68. The van der Waals surface area contributed by atoms with Gasteiger partial charge in [-0.3, -0.25) is 0 Å². The van der Waals surface area contributed by atoms with Gasteiger partial charge in [0.25, 0.3) is 0 Å². The van der Waals surface area contributed by atoms with Crippen molar-refractivity contribution >= 4 is 11.3 Å². The summed E-state index contributed by atoms with van der Waals surface area (Å²) in [5.74, 6) is 0.993. The third-order valence-electron chi connectivity index (χ3n) is 3.03. The van der Waals surface area contributed by atoms with E-state index in [2.05, 4.69) is 41.2 Å². The lowest BCUT2D eigenvalue weighted by molar-refractivity contribution is 0.511. The van der Waals surface area contributed by atoms with Crippen LogP contribution in [0.3, 0.4) is 0 Å². The van der Waals surface area contributed by atoms with Crippen molar-refractivity contribution < 1.29 is 0 Å². The van der Waals surface area contributed by atoms with Crippen LogP contribution in [0.15, 0.2) is 6.33 Å². The van der Waals surface area contributed by atoms with Gasteiger partial charge in [0.2, 0.25) is 0 Å². The molecule has 1 N–H and O–H groups in total. The summed E-state index contributed by atoms with van der Waals surface area (Å²) in [6.45, 7) is 10.1. The molecule has 2 aromatic heterocycles. The van der Waals surface area contributed by atoms with Crippen molar-refractivity contribution in [2.24, 2.45) is 0 Å². The first kappa shape index (κ1) is 14.1. The van der Waals surface area contributed by atoms with Gasteiger partial charge >= 0.3 is 0 Å². The number of hydrogen-bond donors (Lipinski definition) is 1. The minimum atomic E-state index is 0.290. The molecule has 6 heteroatoms. The van der Waals surface area contributed by atoms with Crippen LogP contribution in [0.25, 0.3) is 0 Å². The summed E-state index contributed by atoms with van der Waals surface area (Å²) in [4.78, 5) is 10.1. The van der Waals surface area contributed by atoms with E-state index in [9.17, 15) is 0 Å². The lowest BCUT2D eigenvalue weighted by Gasteiger charge is -2.13. The topological polar surface area (TPSA) is 55.6 Å². The second-order valence-corrected chi connectivity index (χ2v) is 5.92. The Morgan fingerprint density at radius 2 is 2.21 bits per heavy atom. The Balaban J connectivity index is 1.98. The van der Waals surface area contributed by atoms with Gasteiger partial charge in [-0.25, -0.2) is 14.6 Å². The zero-order valence-electron chi connectivity index (χ0n) is 12.0. The fourth-order valence-electron chi connectivity index (χ4n) is 2.11. The number of aromatic nitrogens is 4. The minimum Gasteiger partial charge on any atom is -0.302 e. The summed E-state index contributed by atoms with van der Waals surface area (Å²) < 4.78 is 1.96. The highest BCUT2D eigenvalue weighted by Crippen LogP contribution is 2.24. The van der Waals surface area contributed by atoms with Crippen molar-refractivity contribution in [1.29, 1.82) is 0 Å². The van der Waals surface area contributed by atoms with Crippen LogP contribution in [0, 0.1) is 13.8 Å². The van der Waals surface area contributed by atoms with Gasteiger partial charge in [0.05, 0.1) is 17.2 Å². The minimum absolute atomic E-state index is 0.290. The van der Waals surface area contributed by atoms with Crippen molar-refractivity contribution in [3.8, 4) is 0 Å². The number of thiazole rings is 1. The maximum atomic E-state index is 4.47. The molecule has 0 aromatic carbocycles. The van der Waals surface area contributed by atoms with Gasteiger partial charge in [-0.2, -0.15) is 5.10 Å². The van der Waals surface area contributed by atoms with E-state index in [0.717, 1.165) is 36.0 Å². The van der Waals surface area contributed by atoms with Crippen LogP contribution in [-0.4, -0.2) is 19.7 Å². The van der Waals surface area contributed by atoms with Gasteiger partial charge < -0.3 is 5.32 Å². The number of nitrogens with zero attached hydrogens (tertiary/aromatic N) is 4. The molecule has 0 fully saturated rings. The normalized spacial score (nSPS) is 12.8. The molecule has 2 aromatic rings. The number of nitrogens with one attached hydrogen (secondary N) is 1. The molecule has 0 amide bonds. The Bertz CT molecular complexity index is 531. The Kier molecular flexibility index (Phi) is 4.66. The van der Waals surface area contributed by atoms with Crippen molar-refractivity contribution in [3.63, 3.8) is 0 Å². The van der Waals surface area contributed by atoms with Crippen molar-refractivity contribution in [2.75, 3.05) is 0 Å². The first-order valence-corrected chi connectivity index (χ1v) is 7.47. The zero-order chi connectivity index (χ0) is 13.8. The predicted molar refractivity (Wildman–Crippen MR) is 77.2 cm³/mol. The Labute approximate surface area is 118 Å². The van der Waals surface area contributed by atoms with Crippen LogP contribution in [0.4, 0.5) is 0 Å². The fourth-order valence-corrected chi connectivity index (χ4v) is 3.06.